The first-order chi connectivity index (χ1) is 23.9. The number of halogens is 1. The zero-order valence-corrected chi connectivity index (χ0v) is 28.7. The number of methoxy groups -OCH3 is 3. The van der Waals surface area contributed by atoms with E-state index < -0.39 is 29.5 Å². The van der Waals surface area contributed by atoms with Crippen LogP contribution < -0.4 is 35.6 Å². The second kappa shape index (κ2) is 14.7. The fourth-order valence-electron chi connectivity index (χ4n) is 5.85. The number of carbonyl (C=O) groups is 3. The second-order valence-corrected chi connectivity index (χ2v) is 12.1. The summed E-state index contributed by atoms with van der Waals surface area (Å²) in [5.74, 6) is 0.286. The number of aromatic nitrogens is 2. The summed E-state index contributed by atoms with van der Waals surface area (Å²) in [6.45, 7) is 5.88. The molecule has 0 aliphatic carbocycles. The number of alkyl carbamates (subject to hydrolysis) is 1. The highest BCUT2D eigenvalue weighted by Crippen LogP contribution is 2.37. The molecule has 50 heavy (non-hydrogen) atoms. The van der Waals surface area contributed by atoms with Crippen molar-refractivity contribution in [3.05, 3.63) is 88.7 Å². The first-order valence-corrected chi connectivity index (χ1v) is 15.9. The van der Waals surface area contributed by atoms with Gasteiger partial charge in [0, 0.05) is 27.7 Å². The molecular weight excluding hydrogens is 649 g/mol. The van der Waals surface area contributed by atoms with E-state index in [0.717, 1.165) is 0 Å². The maximum atomic E-state index is 14.3. The highest BCUT2D eigenvalue weighted by Gasteiger charge is 2.37. The number of urea groups is 1. The van der Waals surface area contributed by atoms with Gasteiger partial charge in [0.1, 0.15) is 22.9 Å². The fourth-order valence-corrected chi connectivity index (χ4v) is 5.85. The van der Waals surface area contributed by atoms with Crippen LogP contribution in [0, 0.1) is 5.82 Å². The number of hydrogen-bond acceptors (Lipinski definition) is 9. The number of nitrogens with one attached hydrogen (secondary N) is 2. The molecule has 0 saturated carbocycles. The number of hydrogen-bond donors (Lipinski definition) is 2. The smallest absolute Gasteiger partial charge is 0.407 e. The number of para-hydroxylation sites is 1. The Morgan fingerprint density at radius 2 is 1.64 bits per heavy atom. The Morgan fingerprint density at radius 3 is 2.28 bits per heavy atom. The number of rotatable bonds is 9. The summed E-state index contributed by atoms with van der Waals surface area (Å²) in [6.07, 6.45) is -0.726. The van der Waals surface area contributed by atoms with Crippen LogP contribution in [0.4, 0.5) is 25.4 Å². The molecule has 3 aromatic carbocycles. The number of ether oxygens (including phenoxy) is 3. The molecule has 0 radical (unpaired) electrons. The molecule has 5 rings (SSSR count). The number of amides is 4. The minimum absolute atomic E-state index is 0. The fraction of sp³-hybridized carbons (Fsp3) is 0.343. The van der Waals surface area contributed by atoms with Gasteiger partial charge >= 0.3 is 12.1 Å². The average Bonchev–Trinajstić information content (AvgIpc) is 3.12. The van der Waals surface area contributed by atoms with Gasteiger partial charge in [-0.2, -0.15) is 0 Å². The minimum atomic E-state index is -1.23. The summed E-state index contributed by atoms with van der Waals surface area (Å²) in [6, 6.07) is 15.7. The van der Waals surface area contributed by atoms with Crippen LogP contribution >= 0.6 is 0 Å². The standard InChI is InChI=1S/C35H40FN7O7.2H2/c1-22(42(28-16-15-25(48-4)21-29(28)49-5)33(46)37-24-13-11-23(36)12-14-24)30-38-27-10-8-7-9-26(27)31(44)43(30)41-19-17-40(18-20-41)32(45)35(2,3)39-34(47)50-6;;/h7-16,21-22H,17-20H2,1-6H3,(H,37,46)(H,39,47);2*1H. The molecule has 4 amide bonds. The normalized spacial score (nSPS) is 13.7. The summed E-state index contributed by atoms with van der Waals surface area (Å²) in [5, 5.41) is 7.55. The molecule has 2 N–H and O–H groups in total. The quantitative estimate of drug-likeness (QED) is 0.253. The molecule has 1 aliphatic heterocycles. The van der Waals surface area contributed by atoms with Crippen LogP contribution in [0.5, 0.6) is 11.5 Å². The van der Waals surface area contributed by atoms with E-state index in [1.165, 1.54) is 55.2 Å². The highest BCUT2D eigenvalue weighted by molar-refractivity contribution is 6.03. The lowest BCUT2D eigenvalue weighted by molar-refractivity contribution is -0.137. The van der Waals surface area contributed by atoms with Crippen LogP contribution in [0.15, 0.2) is 71.5 Å². The maximum Gasteiger partial charge on any atom is 0.407 e. The Morgan fingerprint density at radius 1 is 0.960 bits per heavy atom. The molecule has 1 aromatic heterocycles. The van der Waals surface area contributed by atoms with E-state index in [9.17, 15) is 23.6 Å². The highest BCUT2D eigenvalue weighted by atomic mass is 19.1. The Hall–Kier alpha value is -5.86. The van der Waals surface area contributed by atoms with E-state index in [4.69, 9.17) is 14.5 Å². The Kier molecular flexibility index (Phi) is 10.4. The lowest BCUT2D eigenvalue weighted by atomic mass is 10.0. The SMILES string of the molecule is COC(=O)NC(C)(C)C(=O)N1CCN(n2c(C(C)N(C(=O)Nc3ccc(F)cc3)c3ccc(OC)cc3OC)nc3ccccc3c2=O)CC1.[HH].[HH]. The van der Waals surface area contributed by atoms with Crippen LogP contribution in [-0.4, -0.2) is 85.6 Å². The van der Waals surface area contributed by atoms with Crippen LogP contribution in [0.3, 0.4) is 0 Å². The van der Waals surface area contributed by atoms with Crippen molar-refractivity contribution in [1.82, 2.24) is 19.9 Å². The summed E-state index contributed by atoms with van der Waals surface area (Å²) in [7, 11) is 4.20. The molecule has 2 heterocycles. The van der Waals surface area contributed by atoms with E-state index >= 15 is 0 Å². The van der Waals surface area contributed by atoms with Gasteiger partial charge in [-0.1, -0.05) is 12.1 Å². The van der Waals surface area contributed by atoms with Gasteiger partial charge in [-0.05, 0) is 69.3 Å². The first kappa shape index (κ1) is 35.4. The third-order valence-corrected chi connectivity index (χ3v) is 8.46. The summed E-state index contributed by atoms with van der Waals surface area (Å²) in [4.78, 5) is 61.7. The Balaban J connectivity index is 0.00000364. The largest absolute Gasteiger partial charge is 0.497 e. The molecular formula is C35H44FN7O7. The Bertz CT molecular complexity index is 1950. The van der Waals surface area contributed by atoms with Gasteiger partial charge in [0.2, 0.25) is 5.91 Å². The van der Waals surface area contributed by atoms with Gasteiger partial charge in [0.05, 0.1) is 57.1 Å². The molecule has 1 atom stereocenters. The lowest BCUT2D eigenvalue weighted by Crippen LogP contribution is -2.62. The van der Waals surface area contributed by atoms with Gasteiger partial charge in [-0.3, -0.25) is 14.5 Å². The third kappa shape index (κ3) is 7.26. The van der Waals surface area contributed by atoms with Crippen LogP contribution in [0.2, 0.25) is 0 Å². The molecule has 268 valence electrons. The third-order valence-electron chi connectivity index (χ3n) is 8.46. The molecule has 0 bridgehead atoms. The minimum Gasteiger partial charge on any atom is -0.497 e. The zero-order valence-electron chi connectivity index (χ0n) is 28.7. The molecule has 1 saturated heterocycles. The molecule has 14 nitrogen and oxygen atoms in total. The van der Waals surface area contributed by atoms with Crippen LogP contribution in [-0.2, 0) is 9.53 Å². The molecule has 0 spiro atoms. The van der Waals surface area contributed by atoms with Gasteiger partial charge in [0.15, 0.2) is 5.82 Å². The summed E-state index contributed by atoms with van der Waals surface area (Å²) >= 11 is 0. The van der Waals surface area contributed by atoms with E-state index in [0.29, 0.717) is 33.8 Å². The van der Waals surface area contributed by atoms with E-state index in [1.807, 2.05) is 0 Å². The summed E-state index contributed by atoms with van der Waals surface area (Å²) < 4.78 is 30.9. The van der Waals surface area contributed by atoms with Crippen molar-refractivity contribution >= 4 is 40.3 Å². The predicted molar refractivity (Wildman–Crippen MR) is 190 cm³/mol. The van der Waals surface area contributed by atoms with Gasteiger partial charge < -0.3 is 34.8 Å². The average molecular weight is 694 g/mol. The van der Waals surface area contributed by atoms with Gasteiger partial charge in [0.25, 0.3) is 5.56 Å². The number of anilines is 2. The van der Waals surface area contributed by atoms with Crippen LogP contribution in [0.25, 0.3) is 10.9 Å². The molecule has 4 aromatic rings. The van der Waals surface area contributed by atoms with Crippen molar-refractivity contribution in [1.29, 1.82) is 0 Å². The number of nitrogens with zero attached hydrogens (tertiary/aromatic N) is 5. The molecule has 1 fully saturated rings. The number of carbonyl (C=O) groups excluding carboxylic acids is 3. The van der Waals surface area contributed by atoms with E-state index in [-0.39, 0.29) is 46.3 Å². The molecule has 15 heteroatoms. The van der Waals surface area contributed by atoms with Gasteiger partial charge in [-0.25, -0.2) is 23.6 Å². The van der Waals surface area contributed by atoms with Gasteiger partial charge in [-0.15, -0.1) is 0 Å². The van der Waals surface area contributed by atoms with Crippen molar-refractivity contribution in [2.45, 2.75) is 32.4 Å². The lowest BCUT2D eigenvalue weighted by Gasteiger charge is -2.41. The maximum absolute atomic E-state index is 14.3. The van der Waals surface area contributed by atoms with Crippen molar-refractivity contribution in [3.63, 3.8) is 0 Å². The second-order valence-electron chi connectivity index (χ2n) is 12.1. The van der Waals surface area contributed by atoms with Crippen LogP contribution in [0.1, 0.15) is 35.5 Å². The van der Waals surface area contributed by atoms with Crippen molar-refractivity contribution in [3.8, 4) is 11.5 Å². The first-order valence-electron chi connectivity index (χ1n) is 15.9. The zero-order chi connectivity index (χ0) is 36.2. The monoisotopic (exact) mass is 693 g/mol. The topological polar surface area (TPSA) is 148 Å². The number of fused-ring (bicyclic) bond motifs is 1. The van der Waals surface area contributed by atoms with Crippen molar-refractivity contribution < 1.29 is 35.8 Å². The Labute approximate surface area is 291 Å². The number of benzene rings is 3. The number of piperazine rings is 1. The van der Waals surface area contributed by atoms with Crippen molar-refractivity contribution in [2.75, 3.05) is 62.7 Å². The van der Waals surface area contributed by atoms with Crippen molar-refractivity contribution in [2.24, 2.45) is 0 Å². The molecule has 1 unspecified atom stereocenters. The van der Waals surface area contributed by atoms with E-state index in [2.05, 4.69) is 15.4 Å². The predicted octanol–water partition coefficient (Wildman–Crippen LogP) is 4.76. The summed E-state index contributed by atoms with van der Waals surface area (Å²) in [5.41, 5.74) is -0.460. The van der Waals surface area contributed by atoms with E-state index in [1.54, 1.807) is 73.1 Å². The molecule has 1 aliphatic rings.